The summed E-state index contributed by atoms with van der Waals surface area (Å²) in [6.45, 7) is 6.34. The first kappa shape index (κ1) is 23.1. The van der Waals surface area contributed by atoms with E-state index in [4.69, 9.17) is 4.74 Å². The molecule has 0 radical (unpaired) electrons. The molecule has 0 spiro atoms. The standard InChI is InChI=1S/C24H30BrN3O3/c1-16(2)22(27-23(29)18-7-9-21(31-3)10-8-18)24(30)26-14-17-11-12-28(15-17)20-6-4-5-19(25)13-20/h4-10,13,16-17,22H,11-12,14-15H2,1-3H3,(H,26,30)(H,27,29). The third-order valence-corrected chi connectivity index (χ3v) is 6.11. The van der Waals surface area contributed by atoms with Crippen LogP contribution in [0, 0.1) is 11.8 Å². The van der Waals surface area contributed by atoms with Crippen molar-refractivity contribution in [2.24, 2.45) is 11.8 Å². The normalized spacial score (nSPS) is 16.8. The lowest BCUT2D eigenvalue weighted by Gasteiger charge is -2.23. The number of methoxy groups -OCH3 is 1. The number of hydrogen-bond acceptors (Lipinski definition) is 4. The fraction of sp³-hybridized carbons (Fsp3) is 0.417. The van der Waals surface area contributed by atoms with Crippen LogP contribution >= 0.6 is 15.9 Å². The number of anilines is 1. The van der Waals surface area contributed by atoms with E-state index in [1.165, 1.54) is 5.69 Å². The molecular weight excluding hydrogens is 458 g/mol. The summed E-state index contributed by atoms with van der Waals surface area (Å²) in [4.78, 5) is 27.8. The molecule has 7 heteroatoms. The van der Waals surface area contributed by atoms with Crippen LogP contribution in [-0.2, 0) is 4.79 Å². The Bertz CT molecular complexity index is 901. The molecule has 166 valence electrons. The van der Waals surface area contributed by atoms with Gasteiger partial charge in [0.05, 0.1) is 7.11 Å². The van der Waals surface area contributed by atoms with Crippen LogP contribution in [0.25, 0.3) is 0 Å². The maximum Gasteiger partial charge on any atom is 0.251 e. The molecule has 0 saturated carbocycles. The first-order valence-corrected chi connectivity index (χ1v) is 11.4. The van der Waals surface area contributed by atoms with E-state index in [1.807, 2.05) is 26.0 Å². The predicted octanol–water partition coefficient (Wildman–Crippen LogP) is 3.85. The number of rotatable bonds is 8. The molecular formula is C24H30BrN3O3. The monoisotopic (exact) mass is 487 g/mol. The van der Waals surface area contributed by atoms with E-state index < -0.39 is 6.04 Å². The summed E-state index contributed by atoms with van der Waals surface area (Å²) in [5.74, 6) is 0.635. The highest BCUT2D eigenvalue weighted by molar-refractivity contribution is 9.10. The lowest BCUT2D eigenvalue weighted by Crippen LogP contribution is -2.50. The molecule has 1 aliphatic rings. The number of amides is 2. The van der Waals surface area contributed by atoms with Crippen LogP contribution in [0.1, 0.15) is 30.6 Å². The Kier molecular flexibility index (Phi) is 7.96. The quantitative estimate of drug-likeness (QED) is 0.592. The van der Waals surface area contributed by atoms with E-state index in [1.54, 1.807) is 31.4 Å². The molecule has 1 fully saturated rings. The number of nitrogens with zero attached hydrogens (tertiary/aromatic N) is 1. The van der Waals surface area contributed by atoms with Crippen molar-refractivity contribution in [1.29, 1.82) is 0 Å². The van der Waals surface area contributed by atoms with E-state index in [0.717, 1.165) is 24.0 Å². The molecule has 0 bridgehead atoms. The molecule has 0 aliphatic carbocycles. The minimum Gasteiger partial charge on any atom is -0.497 e. The minimum absolute atomic E-state index is 0.0241. The maximum atomic E-state index is 12.8. The van der Waals surface area contributed by atoms with Crippen LogP contribution in [0.4, 0.5) is 5.69 Å². The van der Waals surface area contributed by atoms with Crippen molar-refractivity contribution in [3.63, 3.8) is 0 Å². The van der Waals surface area contributed by atoms with Crippen LogP contribution in [-0.4, -0.2) is 44.6 Å². The Labute approximate surface area is 192 Å². The number of carbonyl (C=O) groups is 2. The third-order valence-electron chi connectivity index (χ3n) is 5.61. The van der Waals surface area contributed by atoms with Gasteiger partial charge in [0.2, 0.25) is 5.91 Å². The Morgan fingerprint density at radius 1 is 1.19 bits per heavy atom. The molecule has 1 heterocycles. The summed E-state index contributed by atoms with van der Waals surface area (Å²) >= 11 is 3.52. The molecule has 2 N–H and O–H groups in total. The largest absolute Gasteiger partial charge is 0.497 e. The molecule has 2 atom stereocenters. The second-order valence-electron chi connectivity index (χ2n) is 8.25. The zero-order valence-corrected chi connectivity index (χ0v) is 19.8. The molecule has 1 aliphatic heterocycles. The van der Waals surface area contributed by atoms with Crippen molar-refractivity contribution in [2.45, 2.75) is 26.3 Å². The Morgan fingerprint density at radius 3 is 2.58 bits per heavy atom. The van der Waals surface area contributed by atoms with Gasteiger partial charge in [0.15, 0.2) is 0 Å². The van der Waals surface area contributed by atoms with Crippen molar-refractivity contribution in [1.82, 2.24) is 10.6 Å². The number of ether oxygens (including phenoxy) is 1. The second kappa shape index (κ2) is 10.7. The fourth-order valence-electron chi connectivity index (χ4n) is 3.76. The molecule has 31 heavy (non-hydrogen) atoms. The number of nitrogens with one attached hydrogen (secondary N) is 2. The van der Waals surface area contributed by atoms with Crippen molar-refractivity contribution in [3.05, 3.63) is 58.6 Å². The van der Waals surface area contributed by atoms with Gasteiger partial charge in [-0.05, 0) is 60.7 Å². The van der Waals surface area contributed by atoms with Crippen LogP contribution in [0.3, 0.4) is 0 Å². The van der Waals surface area contributed by atoms with Gasteiger partial charge in [0.1, 0.15) is 11.8 Å². The Balaban J connectivity index is 1.53. The van der Waals surface area contributed by atoms with Gasteiger partial charge in [-0.1, -0.05) is 35.8 Å². The van der Waals surface area contributed by atoms with Crippen LogP contribution in [0.2, 0.25) is 0 Å². The lowest BCUT2D eigenvalue weighted by molar-refractivity contribution is -0.124. The highest BCUT2D eigenvalue weighted by atomic mass is 79.9. The van der Waals surface area contributed by atoms with E-state index in [9.17, 15) is 9.59 Å². The van der Waals surface area contributed by atoms with Gasteiger partial charge in [-0.25, -0.2) is 0 Å². The number of carbonyl (C=O) groups excluding carboxylic acids is 2. The number of benzene rings is 2. The van der Waals surface area contributed by atoms with Gasteiger partial charge < -0.3 is 20.3 Å². The van der Waals surface area contributed by atoms with E-state index in [2.05, 4.69) is 43.6 Å². The zero-order chi connectivity index (χ0) is 22.4. The van der Waals surface area contributed by atoms with Crippen LogP contribution < -0.4 is 20.3 Å². The summed E-state index contributed by atoms with van der Waals surface area (Å²) in [5, 5.41) is 5.93. The van der Waals surface area contributed by atoms with E-state index in [-0.39, 0.29) is 17.7 Å². The molecule has 3 rings (SSSR count). The zero-order valence-electron chi connectivity index (χ0n) is 18.2. The molecule has 2 aromatic rings. The third kappa shape index (κ3) is 6.23. The molecule has 0 aromatic heterocycles. The fourth-order valence-corrected chi connectivity index (χ4v) is 4.15. The van der Waals surface area contributed by atoms with Gasteiger partial charge in [-0.15, -0.1) is 0 Å². The highest BCUT2D eigenvalue weighted by Crippen LogP contribution is 2.26. The predicted molar refractivity (Wildman–Crippen MR) is 127 cm³/mol. The van der Waals surface area contributed by atoms with Crippen LogP contribution in [0.15, 0.2) is 53.0 Å². The molecule has 1 saturated heterocycles. The van der Waals surface area contributed by atoms with E-state index in [0.29, 0.717) is 23.8 Å². The maximum absolute atomic E-state index is 12.8. The number of hydrogen-bond donors (Lipinski definition) is 2. The van der Waals surface area contributed by atoms with Crippen molar-refractivity contribution < 1.29 is 14.3 Å². The average molecular weight is 488 g/mol. The molecule has 2 aromatic carbocycles. The lowest BCUT2D eigenvalue weighted by atomic mass is 10.0. The summed E-state index contributed by atoms with van der Waals surface area (Å²) in [6.07, 6.45) is 1.03. The number of halogens is 1. The van der Waals surface area contributed by atoms with Crippen LogP contribution in [0.5, 0.6) is 5.75 Å². The van der Waals surface area contributed by atoms with Gasteiger partial charge in [-0.3, -0.25) is 9.59 Å². The van der Waals surface area contributed by atoms with Gasteiger partial charge in [-0.2, -0.15) is 0 Å². The summed E-state index contributed by atoms with van der Waals surface area (Å²) in [5.41, 5.74) is 1.69. The average Bonchev–Trinajstić information content (AvgIpc) is 3.24. The smallest absolute Gasteiger partial charge is 0.251 e. The first-order valence-electron chi connectivity index (χ1n) is 10.6. The van der Waals surface area contributed by atoms with Gasteiger partial charge in [0.25, 0.3) is 5.91 Å². The van der Waals surface area contributed by atoms with Gasteiger partial charge >= 0.3 is 0 Å². The summed E-state index contributed by atoms with van der Waals surface area (Å²) in [6, 6.07) is 14.5. The topological polar surface area (TPSA) is 70.7 Å². The Morgan fingerprint density at radius 2 is 1.94 bits per heavy atom. The first-order chi connectivity index (χ1) is 14.9. The second-order valence-corrected chi connectivity index (χ2v) is 9.17. The highest BCUT2D eigenvalue weighted by Gasteiger charge is 2.27. The van der Waals surface area contributed by atoms with Crippen molar-refractivity contribution >= 4 is 33.4 Å². The van der Waals surface area contributed by atoms with Crippen molar-refractivity contribution in [2.75, 3.05) is 31.6 Å². The van der Waals surface area contributed by atoms with Gasteiger partial charge in [0, 0.05) is 35.4 Å². The van der Waals surface area contributed by atoms with Crippen molar-refractivity contribution in [3.8, 4) is 5.75 Å². The summed E-state index contributed by atoms with van der Waals surface area (Å²) in [7, 11) is 1.58. The minimum atomic E-state index is -0.586. The molecule has 2 amide bonds. The Hall–Kier alpha value is -2.54. The SMILES string of the molecule is COc1ccc(C(=O)NC(C(=O)NCC2CCN(c3cccc(Br)c3)C2)C(C)C)cc1. The summed E-state index contributed by atoms with van der Waals surface area (Å²) < 4.78 is 6.19. The van der Waals surface area contributed by atoms with E-state index >= 15 is 0 Å². The molecule has 6 nitrogen and oxygen atoms in total. The molecule has 2 unspecified atom stereocenters.